The molecule has 108 valence electrons. The van der Waals surface area contributed by atoms with Crippen molar-refractivity contribution in [3.05, 3.63) is 41.4 Å². The molecule has 6 nitrogen and oxygen atoms in total. The Morgan fingerprint density at radius 3 is 2.80 bits per heavy atom. The van der Waals surface area contributed by atoms with E-state index in [0.717, 1.165) is 6.07 Å². The van der Waals surface area contributed by atoms with Crippen molar-refractivity contribution in [1.82, 2.24) is 14.9 Å². The highest BCUT2D eigenvalue weighted by atomic mass is 32.2. The minimum Gasteiger partial charge on any atom is -0.360 e. The van der Waals surface area contributed by atoms with Crippen molar-refractivity contribution in [2.45, 2.75) is 24.9 Å². The molecule has 0 bridgehead atoms. The number of nitrogens with one attached hydrogen (secondary N) is 1. The number of pyridine rings is 1. The van der Waals surface area contributed by atoms with Gasteiger partial charge in [0, 0.05) is 12.3 Å². The summed E-state index contributed by atoms with van der Waals surface area (Å²) in [6.07, 6.45) is -1.41. The van der Waals surface area contributed by atoms with Gasteiger partial charge in [-0.15, -0.1) is 0 Å². The van der Waals surface area contributed by atoms with Crippen LogP contribution in [0.2, 0.25) is 0 Å². The number of rotatable bonds is 5. The van der Waals surface area contributed by atoms with E-state index in [1.165, 1.54) is 6.20 Å². The zero-order valence-corrected chi connectivity index (χ0v) is 11.2. The third kappa shape index (κ3) is 3.17. The molecule has 0 fully saturated rings. The van der Waals surface area contributed by atoms with Crippen LogP contribution < -0.4 is 4.72 Å². The van der Waals surface area contributed by atoms with E-state index >= 15 is 0 Å². The van der Waals surface area contributed by atoms with Gasteiger partial charge < -0.3 is 4.52 Å². The first kappa shape index (κ1) is 14.5. The zero-order valence-electron chi connectivity index (χ0n) is 10.4. The minimum absolute atomic E-state index is 0.00235. The molecule has 2 aromatic heterocycles. The van der Waals surface area contributed by atoms with Crippen LogP contribution in [0, 0.1) is 6.92 Å². The van der Waals surface area contributed by atoms with Crippen LogP contribution in [0.5, 0.6) is 0 Å². The quantitative estimate of drug-likeness (QED) is 0.910. The molecule has 0 radical (unpaired) electrons. The summed E-state index contributed by atoms with van der Waals surface area (Å²) in [5, 5.41) is 3.01. The summed E-state index contributed by atoms with van der Waals surface area (Å²) < 4.78 is 55.4. The normalized spacial score (nSPS) is 12.0. The molecule has 0 amide bonds. The first-order valence-electron chi connectivity index (χ1n) is 5.55. The fraction of sp³-hybridized carbons (Fsp3) is 0.273. The lowest BCUT2D eigenvalue weighted by Gasteiger charge is -2.06. The van der Waals surface area contributed by atoms with Gasteiger partial charge in [-0.1, -0.05) is 11.2 Å². The second-order valence-electron chi connectivity index (χ2n) is 3.97. The van der Waals surface area contributed by atoms with Crippen molar-refractivity contribution >= 4 is 10.0 Å². The van der Waals surface area contributed by atoms with Gasteiger partial charge in [0.25, 0.3) is 16.4 Å². The fourth-order valence-electron chi connectivity index (χ4n) is 1.50. The van der Waals surface area contributed by atoms with Crippen LogP contribution in [-0.4, -0.2) is 18.6 Å². The summed E-state index contributed by atoms with van der Waals surface area (Å²) in [5.41, 5.74) is -0.0564. The Balaban J connectivity index is 2.11. The van der Waals surface area contributed by atoms with E-state index in [1.54, 1.807) is 19.1 Å². The molecule has 0 aliphatic carbocycles. The molecule has 0 atom stereocenters. The van der Waals surface area contributed by atoms with Crippen LogP contribution in [0.3, 0.4) is 0 Å². The lowest BCUT2D eigenvalue weighted by atomic mass is 10.3. The van der Waals surface area contributed by atoms with Crippen molar-refractivity contribution in [1.29, 1.82) is 0 Å². The smallest absolute Gasteiger partial charge is 0.283 e. The number of aromatic nitrogens is 2. The summed E-state index contributed by atoms with van der Waals surface area (Å²) in [4.78, 5) is 3.78. The molecule has 2 rings (SSSR count). The van der Waals surface area contributed by atoms with Gasteiger partial charge >= 0.3 is 0 Å². The highest BCUT2D eigenvalue weighted by molar-refractivity contribution is 7.89. The number of hydrogen-bond donors (Lipinski definition) is 1. The Morgan fingerprint density at radius 1 is 1.45 bits per heavy atom. The van der Waals surface area contributed by atoms with Crippen LogP contribution in [0.4, 0.5) is 8.78 Å². The largest absolute Gasteiger partial charge is 0.360 e. The van der Waals surface area contributed by atoms with Crippen LogP contribution >= 0.6 is 0 Å². The fourth-order valence-corrected chi connectivity index (χ4v) is 2.66. The second-order valence-corrected chi connectivity index (χ2v) is 5.65. The maximum absolute atomic E-state index is 12.3. The number of aryl methyl sites for hydroxylation is 1. The third-order valence-corrected chi connectivity index (χ3v) is 3.91. The molecule has 0 saturated heterocycles. The van der Waals surface area contributed by atoms with Crippen molar-refractivity contribution in [2.75, 3.05) is 0 Å². The molecule has 0 spiro atoms. The highest BCUT2D eigenvalue weighted by Crippen LogP contribution is 2.18. The van der Waals surface area contributed by atoms with Gasteiger partial charge in [-0.05, 0) is 18.6 Å². The van der Waals surface area contributed by atoms with E-state index in [9.17, 15) is 17.2 Å². The van der Waals surface area contributed by atoms with Crippen molar-refractivity contribution in [3.8, 4) is 0 Å². The van der Waals surface area contributed by atoms with E-state index in [2.05, 4.69) is 19.4 Å². The van der Waals surface area contributed by atoms with Gasteiger partial charge in [-0.2, -0.15) is 0 Å². The minimum atomic E-state index is -3.84. The molecule has 2 aromatic rings. The molecule has 20 heavy (non-hydrogen) atoms. The first-order valence-corrected chi connectivity index (χ1v) is 7.03. The summed E-state index contributed by atoms with van der Waals surface area (Å²) >= 11 is 0. The number of hydrogen-bond acceptors (Lipinski definition) is 5. The lowest BCUT2D eigenvalue weighted by molar-refractivity contribution is 0.140. The zero-order chi connectivity index (χ0) is 14.8. The average molecular weight is 303 g/mol. The molecular formula is C11H11F2N3O3S. The van der Waals surface area contributed by atoms with E-state index in [1.807, 2.05) is 0 Å². The monoisotopic (exact) mass is 303 g/mol. The molecular weight excluding hydrogens is 292 g/mol. The Hall–Kier alpha value is -1.87. The van der Waals surface area contributed by atoms with Crippen LogP contribution in [0.1, 0.15) is 23.4 Å². The van der Waals surface area contributed by atoms with Crippen molar-refractivity contribution < 1.29 is 21.7 Å². The Labute approximate surface area is 113 Å². The molecule has 0 aliphatic rings. The number of alkyl halides is 2. The molecule has 0 saturated carbocycles. The van der Waals surface area contributed by atoms with Crippen molar-refractivity contribution in [3.63, 3.8) is 0 Å². The predicted molar refractivity (Wildman–Crippen MR) is 64.5 cm³/mol. The Bertz CT molecular complexity index is 700. The molecule has 0 unspecified atom stereocenters. The van der Waals surface area contributed by atoms with E-state index in [0.29, 0.717) is 5.56 Å². The third-order valence-electron chi connectivity index (χ3n) is 2.45. The van der Waals surface area contributed by atoms with Gasteiger partial charge in [-0.3, -0.25) is 0 Å². The van der Waals surface area contributed by atoms with Crippen LogP contribution in [0.25, 0.3) is 0 Å². The number of halogens is 2. The molecule has 0 aliphatic heterocycles. The lowest BCUT2D eigenvalue weighted by Crippen LogP contribution is -2.24. The number of sulfonamides is 1. The van der Waals surface area contributed by atoms with Gasteiger partial charge in [0.05, 0.1) is 6.54 Å². The van der Waals surface area contributed by atoms with Crippen molar-refractivity contribution in [2.24, 2.45) is 0 Å². The van der Waals surface area contributed by atoms with Crippen LogP contribution in [-0.2, 0) is 16.6 Å². The molecule has 0 aromatic carbocycles. The highest BCUT2D eigenvalue weighted by Gasteiger charge is 2.20. The Morgan fingerprint density at radius 2 is 2.20 bits per heavy atom. The second kappa shape index (κ2) is 5.63. The van der Waals surface area contributed by atoms with Gasteiger partial charge in [0.15, 0.2) is 10.8 Å². The maximum Gasteiger partial charge on any atom is 0.283 e. The number of nitrogens with zero attached hydrogens (tertiary/aromatic N) is 2. The predicted octanol–water partition coefficient (Wildman–Crippen LogP) is 1.79. The SMILES string of the molecule is Cc1cccnc1S(=O)(=O)NCc1cc(C(F)F)no1. The first-order chi connectivity index (χ1) is 9.40. The summed E-state index contributed by atoms with van der Waals surface area (Å²) in [5.74, 6) is -0.00235. The summed E-state index contributed by atoms with van der Waals surface area (Å²) in [6.45, 7) is 1.32. The molecule has 9 heteroatoms. The summed E-state index contributed by atoms with van der Waals surface area (Å²) in [7, 11) is -3.84. The van der Waals surface area contributed by atoms with Gasteiger partial charge in [0.1, 0.15) is 5.69 Å². The summed E-state index contributed by atoms with van der Waals surface area (Å²) in [6, 6.07) is 4.21. The van der Waals surface area contributed by atoms with E-state index < -0.39 is 22.1 Å². The Kier molecular flexibility index (Phi) is 4.09. The van der Waals surface area contributed by atoms with E-state index in [-0.39, 0.29) is 17.3 Å². The molecule has 2 heterocycles. The van der Waals surface area contributed by atoms with Crippen LogP contribution in [0.15, 0.2) is 33.9 Å². The van der Waals surface area contributed by atoms with Gasteiger partial charge in [0.2, 0.25) is 0 Å². The molecule has 1 N–H and O–H groups in total. The standard InChI is InChI=1S/C11H11F2N3O3S/c1-7-3-2-4-14-11(7)20(17,18)15-6-8-5-9(10(12)13)16-19-8/h2-5,10,15H,6H2,1H3. The maximum atomic E-state index is 12.3. The van der Waals surface area contributed by atoms with E-state index in [4.69, 9.17) is 0 Å². The average Bonchev–Trinajstić information content (AvgIpc) is 2.86. The van der Waals surface area contributed by atoms with Gasteiger partial charge in [-0.25, -0.2) is 26.9 Å². The topological polar surface area (TPSA) is 85.1 Å².